The van der Waals surface area contributed by atoms with Crippen LogP contribution in [-0.2, 0) is 9.30 Å². The van der Waals surface area contributed by atoms with Gasteiger partial charge < -0.3 is 35.2 Å². The van der Waals surface area contributed by atoms with Gasteiger partial charge in [0.15, 0.2) is 0 Å². The van der Waals surface area contributed by atoms with Gasteiger partial charge >= 0.3 is 7.60 Å². The molecule has 0 bridgehead atoms. The molecule has 0 radical (unpaired) electrons. The number of piperidine rings is 1. The van der Waals surface area contributed by atoms with E-state index in [0.717, 1.165) is 25.9 Å². The number of aliphatic hydroxyl groups is 3. The van der Waals surface area contributed by atoms with Gasteiger partial charge in [-0.25, -0.2) is 4.68 Å². The first kappa shape index (κ1) is 19.8. The lowest BCUT2D eigenvalue weighted by molar-refractivity contribution is -0.225. The highest BCUT2D eigenvalue weighted by Gasteiger charge is 2.45. The third-order valence-electron chi connectivity index (χ3n) is 4.92. The Kier molecular flexibility index (Phi) is 6.10. The van der Waals surface area contributed by atoms with Crippen molar-refractivity contribution in [3.63, 3.8) is 0 Å². The Labute approximate surface area is 150 Å². The van der Waals surface area contributed by atoms with E-state index in [0.29, 0.717) is 5.69 Å². The molecule has 6 N–H and O–H groups in total. The summed E-state index contributed by atoms with van der Waals surface area (Å²) in [7, 11) is -4.27. The van der Waals surface area contributed by atoms with E-state index in [-0.39, 0.29) is 12.5 Å². The van der Waals surface area contributed by atoms with E-state index in [9.17, 15) is 19.9 Å². The Hall–Kier alpha value is -0.910. The topological polar surface area (TPSA) is 170 Å². The minimum Gasteiger partial charge on any atom is -0.388 e. The van der Waals surface area contributed by atoms with Crippen LogP contribution in [0.15, 0.2) is 6.20 Å². The van der Waals surface area contributed by atoms with Gasteiger partial charge in [-0.05, 0) is 32.4 Å². The summed E-state index contributed by atoms with van der Waals surface area (Å²) in [5.74, 6) is 0. The van der Waals surface area contributed by atoms with E-state index in [1.165, 1.54) is 0 Å². The molecule has 0 spiro atoms. The van der Waals surface area contributed by atoms with E-state index >= 15 is 0 Å². The molecule has 3 heterocycles. The highest BCUT2D eigenvalue weighted by molar-refractivity contribution is 7.51. The summed E-state index contributed by atoms with van der Waals surface area (Å²) in [6.07, 6.45) is -3.68. The van der Waals surface area contributed by atoms with Gasteiger partial charge in [0, 0.05) is 0 Å². The molecule has 5 atom stereocenters. The zero-order valence-corrected chi connectivity index (χ0v) is 15.0. The number of hydrogen-bond acceptors (Lipinski definition) is 8. The molecule has 2 fully saturated rings. The van der Waals surface area contributed by atoms with Crippen molar-refractivity contribution < 1.29 is 34.4 Å². The molecule has 0 unspecified atom stereocenters. The SMILES string of the molecule is O=P(O)(O)CC[C@H]1O[C@H](c2cn(C3CCNCC3)nn2)[C@@H](O)[C@@H](O)[C@@H]1O. The molecule has 2 aliphatic heterocycles. The van der Waals surface area contributed by atoms with Crippen molar-refractivity contribution in [1.82, 2.24) is 20.3 Å². The van der Waals surface area contributed by atoms with Crippen LogP contribution in [0.5, 0.6) is 0 Å². The first-order valence-electron chi connectivity index (χ1n) is 8.63. The lowest BCUT2D eigenvalue weighted by Gasteiger charge is -2.40. The predicted molar refractivity (Wildman–Crippen MR) is 88.3 cm³/mol. The summed E-state index contributed by atoms with van der Waals surface area (Å²) in [5.41, 5.74) is 0.308. The molecular formula is C14H25N4O7P. The molecule has 12 heteroatoms. The Morgan fingerprint density at radius 3 is 2.54 bits per heavy atom. The summed E-state index contributed by atoms with van der Waals surface area (Å²) < 4.78 is 18.4. The maximum Gasteiger partial charge on any atom is 0.325 e. The highest BCUT2D eigenvalue weighted by Crippen LogP contribution is 2.39. The third kappa shape index (κ3) is 4.49. The average molecular weight is 392 g/mol. The molecular weight excluding hydrogens is 367 g/mol. The molecule has 11 nitrogen and oxygen atoms in total. The smallest absolute Gasteiger partial charge is 0.325 e. The fraction of sp³-hybridized carbons (Fsp3) is 0.857. The van der Waals surface area contributed by atoms with Crippen molar-refractivity contribution in [3.8, 4) is 0 Å². The number of nitrogens with one attached hydrogen (secondary N) is 1. The van der Waals surface area contributed by atoms with Gasteiger partial charge in [-0.15, -0.1) is 5.10 Å². The second kappa shape index (κ2) is 7.99. The molecule has 0 amide bonds. The molecule has 26 heavy (non-hydrogen) atoms. The van der Waals surface area contributed by atoms with Crippen LogP contribution in [0.1, 0.15) is 37.1 Å². The number of ether oxygens (including phenoxy) is 1. The number of hydrogen-bond donors (Lipinski definition) is 6. The van der Waals surface area contributed by atoms with Crippen LogP contribution in [0.3, 0.4) is 0 Å². The van der Waals surface area contributed by atoms with E-state index in [1.54, 1.807) is 10.9 Å². The molecule has 0 aromatic carbocycles. The number of nitrogens with zero attached hydrogens (tertiary/aromatic N) is 3. The van der Waals surface area contributed by atoms with E-state index in [4.69, 9.17) is 14.5 Å². The molecule has 2 saturated heterocycles. The van der Waals surface area contributed by atoms with Gasteiger partial charge in [0.05, 0.1) is 24.5 Å². The van der Waals surface area contributed by atoms with Crippen molar-refractivity contribution in [3.05, 3.63) is 11.9 Å². The summed E-state index contributed by atoms with van der Waals surface area (Å²) in [6.45, 7) is 1.75. The molecule has 148 valence electrons. The van der Waals surface area contributed by atoms with Crippen LogP contribution in [-0.4, -0.2) is 83.8 Å². The zero-order valence-electron chi connectivity index (χ0n) is 14.1. The van der Waals surface area contributed by atoms with E-state index < -0.39 is 44.3 Å². The van der Waals surface area contributed by atoms with Gasteiger partial charge in [-0.3, -0.25) is 4.57 Å². The Morgan fingerprint density at radius 1 is 1.19 bits per heavy atom. The van der Waals surface area contributed by atoms with Gasteiger partial charge in [0.2, 0.25) is 0 Å². The molecule has 3 rings (SSSR count). The van der Waals surface area contributed by atoms with Crippen LogP contribution >= 0.6 is 7.60 Å². The molecule has 2 aliphatic rings. The maximum atomic E-state index is 11.1. The van der Waals surface area contributed by atoms with Crippen LogP contribution in [0.4, 0.5) is 0 Å². The fourth-order valence-corrected chi connectivity index (χ4v) is 3.99. The van der Waals surface area contributed by atoms with Crippen molar-refractivity contribution in [2.45, 2.75) is 55.8 Å². The van der Waals surface area contributed by atoms with Gasteiger partial charge in [-0.2, -0.15) is 0 Å². The minimum absolute atomic E-state index is 0.159. The van der Waals surface area contributed by atoms with E-state index in [1.807, 2.05) is 0 Å². The Balaban J connectivity index is 1.73. The van der Waals surface area contributed by atoms with Crippen LogP contribution < -0.4 is 5.32 Å². The largest absolute Gasteiger partial charge is 0.388 e. The number of aromatic nitrogens is 3. The minimum atomic E-state index is -4.27. The summed E-state index contributed by atoms with van der Waals surface area (Å²) in [6, 6.07) is 0.180. The first-order chi connectivity index (χ1) is 12.3. The standard InChI is InChI=1S/C14H25N4O7P/c19-11-10(3-6-26(22,23)24)25-14(13(21)12(11)20)9-7-18(17-16-9)8-1-4-15-5-2-8/h7-8,10-15,19-21H,1-6H2,(H2,22,23,24)/t10-,11-,12+,13+,14-/m1/s1. The quantitative estimate of drug-likeness (QED) is 0.317. The summed E-state index contributed by atoms with van der Waals surface area (Å²) in [5, 5.41) is 41.8. The molecule has 0 aliphatic carbocycles. The monoisotopic (exact) mass is 392 g/mol. The van der Waals surface area contributed by atoms with Crippen molar-refractivity contribution in [2.24, 2.45) is 0 Å². The Morgan fingerprint density at radius 2 is 1.88 bits per heavy atom. The van der Waals surface area contributed by atoms with Gasteiger partial charge in [0.25, 0.3) is 0 Å². The van der Waals surface area contributed by atoms with Crippen LogP contribution in [0, 0.1) is 0 Å². The predicted octanol–water partition coefficient (Wildman–Crippen LogP) is -1.71. The summed E-state index contributed by atoms with van der Waals surface area (Å²) >= 11 is 0. The van der Waals surface area contributed by atoms with Gasteiger partial charge in [-0.1, -0.05) is 5.21 Å². The second-order valence-corrected chi connectivity index (χ2v) is 8.63. The van der Waals surface area contributed by atoms with Crippen LogP contribution in [0.2, 0.25) is 0 Å². The lowest BCUT2D eigenvalue weighted by atomic mass is 9.92. The third-order valence-corrected chi connectivity index (χ3v) is 5.76. The summed E-state index contributed by atoms with van der Waals surface area (Å²) in [4.78, 5) is 18.0. The molecule has 1 aromatic heterocycles. The highest BCUT2D eigenvalue weighted by atomic mass is 31.2. The van der Waals surface area contributed by atoms with Crippen molar-refractivity contribution in [1.29, 1.82) is 0 Å². The number of rotatable bonds is 5. The average Bonchev–Trinajstić information content (AvgIpc) is 3.09. The van der Waals surface area contributed by atoms with E-state index in [2.05, 4.69) is 15.6 Å². The van der Waals surface area contributed by atoms with Gasteiger partial charge in [0.1, 0.15) is 30.1 Å². The maximum absolute atomic E-state index is 11.1. The molecule has 1 aromatic rings. The second-order valence-electron chi connectivity index (χ2n) is 6.85. The molecule has 0 saturated carbocycles. The normalized spacial score (nSPS) is 34.1. The fourth-order valence-electron chi connectivity index (χ4n) is 3.40. The van der Waals surface area contributed by atoms with Crippen LogP contribution in [0.25, 0.3) is 0 Å². The Bertz CT molecular complexity index is 647. The number of aliphatic hydroxyl groups excluding tert-OH is 3. The van der Waals surface area contributed by atoms with Crippen molar-refractivity contribution in [2.75, 3.05) is 19.3 Å². The lowest BCUT2D eigenvalue weighted by Crippen LogP contribution is -2.54. The zero-order chi connectivity index (χ0) is 18.9. The first-order valence-corrected chi connectivity index (χ1v) is 10.4. The van der Waals surface area contributed by atoms with Crippen molar-refractivity contribution >= 4 is 7.60 Å².